The van der Waals surface area contributed by atoms with E-state index in [2.05, 4.69) is 0 Å². The highest BCUT2D eigenvalue weighted by molar-refractivity contribution is 7.89. The average molecular weight is 342 g/mol. The van der Waals surface area contributed by atoms with Gasteiger partial charge in [-0.2, -0.15) is 4.31 Å². The Morgan fingerprint density at radius 1 is 1.26 bits per heavy atom. The normalized spacial score (nSPS) is 17.1. The minimum atomic E-state index is -3.88. The van der Waals surface area contributed by atoms with Gasteiger partial charge >= 0.3 is 5.97 Å². The molecule has 0 spiro atoms. The van der Waals surface area contributed by atoms with Crippen molar-refractivity contribution in [2.45, 2.75) is 31.6 Å². The molecular weight excluding hydrogens is 324 g/mol. The molecule has 8 nitrogen and oxygen atoms in total. The fraction of sp³-hybridized carbons (Fsp3) is 0.500. The molecular formula is C14H18N2O6S. The van der Waals surface area contributed by atoms with Crippen LogP contribution in [-0.4, -0.2) is 41.8 Å². The maximum absolute atomic E-state index is 12.7. The lowest BCUT2D eigenvalue weighted by Crippen LogP contribution is -2.40. The Hall–Kier alpha value is -2.00. The predicted molar refractivity (Wildman–Crippen MR) is 81.7 cm³/mol. The van der Waals surface area contributed by atoms with Crippen LogP contribution in [0.25, 0.3) is 0 Å². The largest absolute Gasteiger partial charge is 0.481 e. The second-order valence-corrected chi connectivity index (χ2v) is 7.58. The molecule has 0 unspecified atom stereocenters. The highest BCUT2D eigenvalue weighted by atomic mass is 32.2. The average Bonchev–Trinajstić information content (AvgIpc) is 2.46. The van der Waals surface area contributed by atoms with Crippen LogP contribution in [0, 0.1) is 29.9 Å². The van der Waals surface area contributed by atoms with Gasteiger partial charge in [0.15, 0.2) is 0 Å². The van der Waals surface area contributed by atoms with Gasteiger partial charge in [0.25, 0.3) is 5.69 Å². The number of nitrogens with zero attached hydrogens (tertiary/aromatic N) is 2. The van der Waals surface area contributed by atoms with E-state index in [1.54, 1.807) is 13.8 Å². The molecule has 0 radical (unpaired) electrons. The number of piperidine rings is 1. The SMILES string of the molecule is Cc1cc(C)c(S(=O)(=O)N2CCC(C(=O)O)CC2)cc1[N+](=O)[O-]. The van der Waals surface area contributed by atoms with Gasteiger partial charge in [0.1, 0.15) is 0 Å². The zero-order valence-corrected chi connectivity index (χ0v) is 13.7. The number of hydrogen-bond donors (Lipinski definition) is 1. The van der Waals surface area contributed by atoms with E-state index in [-0.39, 0.29) is 36.5 Å². The standard InChI is InChI=1S/C14H18N2O6S/c1-9-7-10(2)13(8-12(9)16(19)20)23(21,22)15-5-3-11(4-6-15)14(17)18/h7-8,11H,3-6H2,1-2H3,(H,17,18). The van der Waals surface area contributed by atoms with E-state index in [1.165, 1.54) is 10.4 Å². The van der Waals surface area contributed by atoms with Crippen molar-refractivity contribution in [3.63, 3.8) is 0 Å². The van der Waals surface area contributed by atoms with Crippen molar-refractivity contribution in [3.8, 4) is 0 Å². The van der Waals surface area contributed by atoms with Gasteiger partial charge in [0.2, 0.25) is 10.0 Å². The summed E-state index contributed by atoms with van der Waals surface area (Å²) in [5.74, 6) is -1.47. The van der Waals surface area contributed by atoms with Crippen LogP contribution in [0.1, 0.15) is 24.0 Å². The Morgan fingerprint density at radius 2 is 1.83 bits per heavy atom. The predicted octanol–water partition coefficient (Wildman–Crippen LogP) is 1.70. The second kappa shape index (κ2) is 6.25. The molecule has 1 heterocycles. The first-order valence-corrected chi connectivity index (χ1v) is 8.57. The van der Waals surface area contributed by atoms with Gasteiger partial charge in [-0.25, -0.2) is 8.42 Å². The summed E-state index contributed by atoms with van der Waals surface area (Å²) in [7, 11) is -3.88. The van der Waals surface area contributed by atoms with Crippen LogP contribution < -0.4 is 0 Å². The first kappa shape index (κ1) is 17.4. The lowest BCUT2D eigenvalue weighted by atomic mass is 9.99. The van der Waals surface area contributed by atoms with Crippen molar-refractivity contribution in [3.05, 3.63) is 33.4 Å². The van der Waals surface area contributed by atoms with Gasteiger partial charge in [-0.15, -0.1) is 0 Å². The van der Waals surface area contributed by atoms with E-state index in [0.29, 0.717) is 11.1 Å². The van der Waals surface area contributed by atoms with Crippen molar-refractivity contribution in [2.75, 3.05) is 13.1 Å². The Bertz CT molecular complexity index is 751. The molecule has 1 aromatic rings. The van der Waals surface area contributed by atoms with Crippen LogP contribution in [-0.2, 0) is 14.8 Å². The summed E-state index contributed by atoms with van der Waals surface area (Å²) in [4.78, 5) is 21.3. The van der Waals surface area contributed by atoms with E-state index >= 15 is 0 Å². The number of aliphatic carboxylic acids is 1. The number of rotatable bonds is 4. The van der Waals surface area contributed by atoms with Crippen LogP contribution in [0.5, 0.6) is 0 Å². The van der Waals surface area contributed by atoms with Crippen molar-refractivity contribution in [2.24, 2.45) is 5.92 Å². The zero-order valence-electron chi connectivity index (χ0n) is 12.9. The molecule has 1 aromatic carbocycles. The third-order valence-electron chi connectivity index (χ3n) is 4.11. The van der Waals surface area contributed by atoms with Gasteiger partial charge < -0.3 is 5.11 Å². The molecule has 1 saturated heterocycles. The number of benzene rings is 1. The molecule has 23 heavy (non-hydrogen) atoms. The van der Waals surface area contributed by atoms with E-state index in [0.717, 1.165) is 6.07 Å². The number of carbonyl (C=O) groups is 1. The highest BCUT2D eigenvalue weighted by Crippen LogP contribution is 2.30. The monoisotopic (exact) mass is 342 g/mol. The number of nitro benzene ring substituents is 1. The molecule has 0 aliphatic carbocycles. The molecule has 0 bridgehead atoms. The molecule has 1 fully saturated rings. The zero-order chi connectivity index (χ0) is 17.4. The number of hydrogen-bond acceptors (Lipinski definition) is 5. The van der Waals surface area contributed by atoms with Crippen molar-refractivity contribution < 1.29 is 23.2 Å². The molecule has 1 aliphatic rings. The second-order valence-electron chi connectivity index (χ2n) is 5.68. The topological polar surface area (TPSA) is 118 Å². The summed E-state index contributed by atoms with van der Waals surface area (Å²) in [6.07, 6.45) is 0.475. The first-order valence-electron chi connectivity index (χ1n) is 7.13. The van der Waals surface area contributed by atoms with Crippen LogP contribution >= 0.6 is 0 Å². The number of nitro groups is 1. The Balaban J connectivity index is 2.36. The smallest absolute Gasteiger partial charge is 0.306 e. The fourth-order valence-corrected chi connectivity index (χ4v) is 4.47. The van der Waals surface area contributed by atoms with Gasteiger partial charge in [0.05, 0.1) is 15.7 Å². The van der Waals surface area contributed by atoms with Gasteiger partial charge in [0, 0.05) is 24.7 Å². The Morgan fingerprint density at radius 3 is 2.30 bits per heavy atom. The highest BCUT2D eigenvalue weighted by Gasteiger charge is 2.33. The molecule has 0 amide bonds. The summed E-state index contributed by atoms with van der Waals surface area (Å²) in [5, 5.41) is 20.0. The third kappa shape index (κ3) is 3.35. The third-order valence-corrected chi connectivity index (χ3v) is 6.15. The minimum absolute atomic E-state index is 0.0939. The van der Waals surface area contributed by atoms with Gasteiger partial charge in [-0.3, -0.25) is 14.9 Å². The number of carboxylic acid groups (broad SMARTS) is 1. The Kier molecular flexibility index (Phi) is 4.71. The number of carboxylic acids is 1. The molecule has 126 valence electrons. The van der Waals surface area contributed by atoms with Crippen LogP contribution in [0.4, 0.5) is 5.69 Å². The minimum Gasteiger partial charge on any atom is -0.481 e. The number of aryl methyl sites for hydroxylation is 2. The van der Waals surface area contributed by atoms with E-state index in [4.69, 9.17) is 5.11 Å². The number of sulfonamides is 1. The van der Waals surface area contributed by atoms with Crippen molar-refractivity contribution in [1.82, 2.24) is 4.31 Å². The molecule has 2 rings (SSSR count). The summed E-state index contributed by atoms with van der Waals surface area (Å²) >= 11 is 0. The lowest BCUT2D eigenvalue weighted by Gasteiger charge is -2.29. The molecule has 1 N–H and O–H groups in total. The summed E-state index contributed by atoms with van der Waals surface area (Å²) in [5.41, 5.74) is 0.596. The van der Waals surface area contributed by atoms with Crippen molar-refractivity contribution >= 4 is 21.7 Å². The fourth-order valence-electron chi connectivity index (χ4n) is 2.78. The maximum atomic E-state index is 12.7. The Labute approximate surface area is 133 Å². The van der Waals surface area contributed by atoms with E-state index in [1.807, 2.05) is 0 Å². The summed E-state index contributed by atoms with van der Waals surface area (Å²) < 4.78 is 26.7. The lowest BCUT2D eigenvalue weighted by molar-refractivity contribution is -0.385. The molecule has 0 atom stereocenters. The van der Waals surface area contributed by atoms with Gasteiger partial charge in [-0.05, 0) is 38.3 Å². The molecule has 1 aliphatic heterocycles. The molecule has 9 heteroatoms. The summed E-state index contributed by atoms with van der Waals surface area (Å²) in [6, 6.07) is 2.57. The first-order chi connectivity index (χ1) is 10.6. The van der Waals surface area contributed by atoms with E-state index in [9.17, 15) is 23.3 Å². The van der Waals surface area contributed by atoms with Crippen LogP contribution in [0.2, 0.25) is 0 Å². The maximum Gasteiger partial charge on any atom is 0.306 e. The summed E-state index contributed by atoms with van der Waals surface area (Å²) in [6.45, 7) is 3.34. The van der Waals surface area contributed by atoms with Crippen molar-refractivity contribution in [1.29, 1.82) is 0 Å². The quantitative estimate of drug-likeness (QED) is 0.657. The van der Waals surface area contributed by atoms with Crippen LogP contribution in [0.3, 0.4) is 0 Å². The van der Waals surface area contributed by atoms with Gasteiger partial charge in [-0.1, -0.05) is 0 Å². The molecule has 0 aromatic heterocycles. The van der Waals surface area contributed by atoms with Crippen LogP contribution in [0.15, 0.2) is 17.0 Å². The van der Waals surface area contributed by atoms with E-state index < -0.39 is 26.8 Å². The molecule has 0 saturated carbocycles.